The van der Waals surface area contributed by atoms with Crippen LogP contribution in [-0.2, 0) is 0 Å². The summed E-state index contributed by atoms with van der Waals surface area (Å²) in [6.07, 6.45) is 13.9. The largest absolute Gasteiger partial charge is 0.493 e. The summed E-state index contributed by atoms with van der Waals surface area (Å²) in [6, 6.07) is 8.23. The minimum Gasteiger partial charge on any atom is -0.493 e. The molecule has 0 spiro atoms. The number of thioether (sulfide) groups is 1. The molecule has 0 aliphatic rings. The summed E-state index contributed by atoms with van der Waals surface area (Å²) in [5, 5.41) is 2.13. The molecule has 0 amide bonds. The van der Waals surface area contributed by atoms with Gasteiger partial charge in [0.05, 0.1) is 18.6 Å². The zero-order chi connectivity index (χ0) is 16.3. The molecule has 124 valence electrons. The lowest BCUT2D eigenvalue weighted by atomic mass is 10.1. The summed E-state index contributed by atoms with van der Waals surface area (Å²) in [5.74, 6) is 0.942. The van der Waals surface area contributed by atoms with Crippen LogP contribution in [0.2, 0.25) is 0 Å². The smallest absolute Gasteiger partial charge is 0.128 e. The summed E-state index contributed by atoms with van der Waals surface area (Å²) < 4.78 is 8.09. The van der Waals surface area contributed by atoms with E-state index < -0.39 is 0 Å². The molecular formula is C19H26N2OS. The van der Waals surface area contributed by atoms with E-state index >= 15 is 0 Å². The Labute approximate surface area is 143 Å². The molecule has 1 aromatic carbocycles. The molecule has 0 saturated carbocycles. The van der Waals surface area contributed by atoms with Crippen molar-refractivity contribution in [3.63, 3.8) is 0 Å². The third kappa shape index (κ3) is 5.47. The van der Waals surface area contributed by atoms with Gasteiger partial charge in [-0.05, 0) is 30.2 Å². The number of hydrogen-bond acceptors (Lipinski definition) is 3. The van der Waals surface area contributed by atoms with E-state index in [1.54, 1.807) is 18.0 Å². The van der Waals surface area contributed by atoms with E-state index in [4.69, 9.17) is 4.74 Å². The van der Waals surface area contributed by atoms with Crippen LogP contribution in [0.5, 0.6) is 5.75 Å². The van der Waals surface area contributed by atoms with Crippen molar-refractivity contribution in [1.29, 1.82) is 0 Å². The van der Waals surface area contributed by atoms with Crippen molar-refractivity contribution in [3.8, 4) is 5.75 Å². The molecule has 0 aliphatic carbocycles. The third-order valence-corrected chi connectivity index (χ3v) is 4.14. The Kier molecular flexibility index (Phi) is 7.81. The molecule has 23 heavy (non-hydrogen) atoms. The van der Waals surface area contributed by atoms with Crippen LogP contribution < -0.4 is 4.74 Å². The number of unbranched alkanes of at least 4 members (excludes halogenated alkanes) is 4. The van der Waals surface area contributed by atoms with Gasteiger partial charge in [-0.25, -0.2) is 4.98 Å². The number of aromatic nitrogens is 2. The van der Waals surface area contributed by atoms with E-state index in [0.29, 0.717) is 0 Å². The summed E-state index contributed by atoms with van der Waals surface area (Å²) in [5.41, 5.74) is 2.20. The van der Waals surface area contributed by atoms with Crippen molar-refractivity contribution in [1.82, 2.24) is 9.55 Å². The Morgan fingerprint density at radius 1 is 1.22 bits per heavy atom. The second-order valence-corrected chi connectivity index (χ2v) is 6.17. The minimum atomic E-state index is 0.775. The first kappa shape index (κ1) is 17.7. The van der Waals surface area contributed by atoms with Gasteiger partial charge in [-0.1, -0.05) is 44.7 Å². The van der Waals surface area contributed by atoms with E-state index in [1.165, 1.54) is 25.7 Å². The second kappa shape index (κ2) is 10.2. The fourth-order valence-electron chi connectivity index (χ4n) is 2.47. The highest BCUT2D eigenvalue weighted by molar-refractivity contribution is 8.01. The van der Waals surface area contributed by atoms with Crippen molar-refractivity contribution in [2.75, 3.05) is 12.9 Å². The van der Waals surface area contributed by atoms with Crippen molar-refractivity contribution in [2.45, 2.75) is 39.0 Å². The first-order chi connectivity index (χ1) is 11.4. The lowest BCUT2D eigenvalue weighted by Gasteiger charge is -2.14. The van der Waals surface area contributed by atoms with E-state index in [0.717, 1.165) is 30.0 Å². The number of imidazole rings is 1. The van der Waals surface area contributed by atoms with Crippen LogP contribution in [0.4, 0.5) is 0 Å². The van der Waals surface area contributed by atoms with E-state index in [-0.39, 0.29) is 0 Å². The Balaban J connectivity index is 2.06. The van der Waals surface area contributed by atoms with Gasteiger partial charge in [-0.2, -0.15) is 0 Å². The van der Waals surface area contributed by atoms with Crippen LogP contribution in [0.3, 0.4) is 0 Å². The lowest BCUT2D eigenvalue weighted by Crippen LogP contribution is -2.03. The van der Waals surface area contributed by atoms with Crippen LogP contribution in [0, 0.1) is 0 Å². The quantitative estimate of drug-likeness (QED) is 0.543. The molecule has 1 aromatic heterocycles. The Hall–Kier alpha value is -1.68. The van der Waals surface area contributed by atoms with Gasteiger partial charge in [0.1, 0.15) is 5.75 Å². The lowest BCUT2D eigenvalue weighted by molar-refractivity contribution is 0.303. The predicted octanol–water partition coefficient (Wildman–Crippen LogP) is 5.44. The standard InChI is InChI=1S/C19H26N2OS/c1-3-4-5-6-9-14-22-19-11-8-7-10-17(19)18(15-23-2)21-13-12-20-16-21/h7-8,10-13,15-16H,3-6,9,14H2,1-2H3/b18-15+. The van der Waals surface area contributed by atoms with Gasteiger partial charge in [0.25, 0.3) is 0 Å². The monoisotopic (exact) mass is 330 g/mol. The maximum Gasteiger partial charge on any atom is 0.128 e. The molecule has 2 aromatic rings. The number of nitrogens with zero attached hydrogens (tertiary/aromatic N) is 2. The van der Waals surface area contributed by atoms with Gasteiger partial charge in [0, 0.05) is 18.0 Å². The first-order valence-electron chi connectivity index (χ1n) is 8.30. The highest BCUT2D eigenvalue weighted by Gasteiger charge is 2.10. The van der Waals surface area contributed by atoms with Gasteiger partial charge in [0.2, 0.25) is 0 Å². The Morgan fingerprint density at radius 3 is 2.78 bits per heavy atom. The van der Waals surface area contributed by atoms with Gasteiger partial charge in [-0.3, -0.25) is 0 Å². The third-order valence-electron chi connectivity index (χ3n) is 3.68. The molecule has 0 unspecified atom stereocenters. The molecule has 0 atom stereocenters. The summed E-state index contributed by atoms with van der Waals surface area (Å²) >= 11 is 1.68. The normalized spacial score (nSPS) is 11.7. The number of hydrogen-bond donors (Lipinski definition) is 0. The highest BCUT2D eigenvalue weighted by Crippen LogP contribution is 2.28. The van der Waals surface area contributed by atoms with Crippen LogP contribution in [0.25, 0.3) is 5.70 Å². The topological polar surface area (TPSA) is 27.1 Å². The van der Waals surface area contributed by atoms with Gasteiger partial charge >= 0.3 is 0 Å². The molecule has 4 heteroatoms. The molecule has 1 heterocycles. The summed E-state index contributed by atoms with van der Waals surface area (Å²) in [4.78, 5) is 4.16. The average Bonchev–Trinajstić information content (AvgIpc) is 3.11. The SMILES string of the molecule is CCCCCCCOc1ccccc1/C(=C\SC)n1ccnc1. The number of para-hydroxylation sites is 1. The fourth-order valence-corrected chi connectivity index (χ4v) is 2.94. The molecular weight excluding hydrogens is 304 g/mol. The molecule has 0 saturated heterocycles. The second-order valence-electron chi connectivity index (χ2n) is 5.47. The molecule has 0 fully saturated rings. The van der Waals surface area contributed by atoms with Crippen molar-refractivity contribution in [3.05, 3.63) is 54.0 Å². The fraction of sp³-hybridized carbons (Fsp3) is 0.421. The maximum absolute atomic E-state index is 6.06. The van der Waals surface area contributed by atoms with Crippen molar-refractivity contribution < 1.29 is 4.74 Å². The number of rotatable bonds is 10. The van der Waals surface area contributed by atoms with Gasteiger partial charge in [0.15, 0.2) is 0 Å². The van der Waals surface area contributed by atoms with Crippen LogP contribution in [0.1, 0.15) is 44.6 Å². The Bertz CT molecular complexity index is 593. The molecule has 0 aliphatic heterocycles. The zero-order valence-electron chi connectivity index (χ0n) is 14.1. The number of benzene rings is 1. The van der Waals surface area contributed by atoms with Crippen LogP contribution in [-0.4, -0.2) is 22.4 Å². The Morgan fingerprint density at radius 2 is 2.04 bits per heavy atom. The zero-order valence-corrected chi connectivity index (χ0v) is 14.9. The molecule has 0 radical (unpaired) electrons. The van der Waals surface area contributed by atoms with Crippen LogP contribution in [0.15, 0.2) is 48.4 Å². The molecule has 0 bridgehead atoms. The van der Waals surface area contributed by atoms with E-state index in [2.05, 4.69) is 35.7 Å². The highest BCUT2D eigenvalue weighted by atomic mass is 32.2. The first-order valence-corrected chi connectivity index (χ1v) is 9.59. The van der Waals surface area contributed by atoms with Gasteiger partial charge in [-0.15, -0.1) is 11.8 Å². The average molecular weight is 330 g/mol. The predicted molar refractivity (Wildman–Crippen MR) is 99.8 cm³/mol. The minimum absolute atomic E-state index is 0.775. The van der Waals surface area contributed by atoms with Crippen molar-refractivity contribution in [2.24, 2.45) is 0 Å². The maximum atomic E-state index is 6.06. The van der Waals surface area contributed by atoms with Crippen LogP contribution >= 0.6 is 11.8 Å². The number of ether oxygens (including phenoxy) is 1. The molecule has 3 nitrogen and oxygen atoms in total. The molecule has 0 N–H and O–H groups in total. The summed E-state index contributed by atoms with van der Waals surface area (Å²) in [7, 11) is 0. The molecule has 2 rings (SSSR count). The van der Waals surface area contributed by atoms with Crippen molar-refractivity contribution >= 4 is 17.5 Å². The van der Waals surface area contributed by atoms with E-state index in [1.807, 2.05) is 29.2 Å². The van der Waals surface area contributed by atoms with E-state index in [9.17, 15) is 0 Å². The van der Waals surface area contributed by atoms with Gasteiger partial charge < -0.3 is 9.30 Å². The summed E-state index contributed by atoms with van der Waals surface area (Å²) in [6.45, 7) is 3.01.